The average molecular weight is 265 g/mol. The topological polar surface area (TPSA) is 30.5 Å². The van der Waals surface area contributed by atoms with Crippen LogP contribution in [0, 0.1) is 0 Å². The third-order valence-electron chi connectivity index (χ3n) is 3.85. The molecule has 0 spiro atoms. The highest BCUT2D eigenvalue weighted by atomic mass is 19.1. The lowest BCUT2D eigenvalue weighted by molar-refractivity contribution is 0.168. The molecule has 0 saturated carbocycles. The van der Waals surface area contributed by atoms with Crippen LogP contribution in [0.2, 0.25) is 0 Å². The molecule has 2 heterocycles. The molecule has 1 atom stereocenters. The number of fused-ring (bicyclic) bond motifs is 1. The van der Waals surface area contributed by atoms with Crippen molar-refractivity contribution in [3.63, 3.8) is 0 Å². The normalized spacial score (nSPS) is 22.6. The Morgan fingerprint density at radius 2 is 1.89 bits per heavy atom. The monoisotopic (exact) mass is 265 g/mol. The summed E-state index contributed by atoms with van der Waals surface area (Å²) < 4.78 is 25.7. The van der Waals surface area contributed by atoms with Crippen LogP contribution >= 0.6 is 0 Å². The fourth-order valence-electron chi connectivity index (χ4n) is 2.88. The predicted molar refractivity (Wildman–Crippen MR) is 71.8 cm³/mol. The molecule has 1 saturated heterocycles. The van der Waals surface area contributed by atoms with Gasteiger partial charge in [-0.15, -0.1) is 0 Å². The van der Waals surface area contributed by atoms with Gasteiger partial charge in [0, 0.05) is 6.54 Å². The van der Waals surface area contributed by atoms with Crippen LogP contribution in [-0.2, 0) is 5.67 Å². The fourth-order valence-corrected chi connectivity index (χ4v) is 2.88. The smallest absolute Gasteiger partial charge is 0.161 e. The summed E-state index contributed by atoms with van der Waals surface area (Å²) in [7, 11) is 0. The van der Waals surface area contributed by atoms with Gasteiger partial charge in [0.15, 0.2) is 11.5 Å². The molecule has 1 fully saturated rings. The van der Waals surface area contributed by atoms with E-state index in [1.54, 1.807) is 13.8 Å². The molecule has 4 heteroatoms. The molecule has 1 unspecified atom stereocenters. The van der Waals surface area contributed by atoms with Gasteiger partial charge in [0.05, 0.1) is 0 Å². The zero-order valence-electron chi connectivity index (χ0n) is 11.5. The van der Waals surface area contributed by atoms with Gasteiger partial charge in [0.25, 0.3) is 0 Å². The molecule has 1 aromatic rings. The number of ether oxygens (including phenoxy) is 2. The van der Waals surface area contributed by atoms with E-state index in [-0.39, 0.29) is 0 Å². The van der Waals surface area contributed by atoms with Crippen LogP contribution in [0.5, 0.6) is 11.5 Å². The number of halogens is 1. The van der Waals surface area contributed by atoms with Gasteiger partial charge < -0.3 is 14.8 Å². The minimum absolute atomic E-state index is 0.362. The van der Waals surface area contributed by atoms with Crippen LogP contribution in [0.15, 0.2) is 12.1 Å². The SMILES string of the molecule is CC(C)(F)c1cc2c(cc1C1CCNC1)OCCO2. The molecule has 0 amide bonds. The molecule has 3 rings (SSSR count). The van der Waals surface area contributed by atoms with Crippen LogP contribution in [0.25, 0.3) is 0 Å². The second kappa shape index (κ2) is 4.67. The quantitative estimate of drug-likeness (QED) is 0.892. The molecule has 0 bridgehead atoms. The highest BCUT2D eigenvalue weighted by molar-refractivity contribution is 5.51. The van der Waals surface area contributed by atoms with Gasteiger partial charge in [-0.2, -0.15) is 0 Å². The van der Waals surface area contributed by atoms with E-state index in [0.29, 0.717) is 24.9 Å². The first kappa shape index (κ1) is 12.7. The largest absolute Gasteiger partial charge is 0.486 e. The minimum atomic E-state index is -1.37. The second-order valence-corrected chi connectivity index (χ2v) is 5.75. The number of hydrogen-bond acceptors (Lipinski definition) is 3. The number of alkyl halides is 1. The van der Waals surface area contributed by atoms with Crippen molar-refractivity contribution in [2.75, 3.05) is 26.3 Å². The predicted octanol–water partition coefficient (Wildman–Crippen LogP) is 2.74. The van der Waals surface area contributed by atoms with Crippen molar-refractivity contribution in [2.24, 2.45) is 0 Å². The third kappa shape index (κ3) is 2.41. The summed E-state index contributed by atoms with van der Waals surface area (Å²) in [6.07, 6.45) is 1.04. The van der Waals surface area contributed by atoms with E-state index in [2.05, 4.69) is 5.32 Å². The van der Waals surface area contributed by atoms with Gasteiger partial charge >= 0.3 is 0 Å². The van der Waals surface area contributed by atoms with Crippen LogP contribution in [0.3, 0.4) is 0 Å². The van der Waals surface area contributed by atoms with E-state index in [1.807, 2.05) is 12.1 Å². The molecule has 2 aliphatic rings. The Morgan fingerprint density at radius 1 is 1.21 bits per heavy atom. The molecule has 0 aliphatic carbocycles. The third-order valence-corrected chi connectivity index (χ3v) is 3.85. The van der Waals surface area contributed by atoms with E-state index in [1.165, 1.54) is 0 Å². The maximum atomic E-state index is 14.5. The Labute approximate surface area is 113 Å². The first-order valence-corrected chi connectivity index (χ1v) is 6.89. The highest BCUT2D eigenvalue weighted by Crippen LogP contribution is 2.42. The number of benzene rings is 1. The summed E-state index contributed by atoms with van der Waals surface area (Å²) in [6, 6.07) is 3.80. The van der Waals surface area contributed by atoms with Crippen LogP contribution < -0.4 is 14.8 Å². The van der Waals surface area contributed by atoms with Crippen molar-refractivity contribution < 1.29 is 13.9 Å². The molecular formula is C15H20FNO2. The summed E-state index contributed by atoms with van der Waals surface area (Å²) >= 11 is 0. The van der Waals surface area contributed by atoms with Crippen molar-refractivity contribution in [3.05, 3.63) is 23.3 Å². The first-order chi connectivity index (χ1) is 9.05. The van der Waals surface area contributed by atoms with Crippen molar-refractivity contribution in [3.8, 4) is 11.5 Å². The lowest BCUT2D eigenvalue weighted by atomic mass is 9.86. The van der Waals surface area contributed by atoms with Crippen molar-refractivity contribution in [2.45, 2.75) is 31.9 Å². The minimum Gasteiger partial charge on any atom is -0.486 e. The van der Waals surface area contributed by atoms with Gasteiger partial charge in [-0.3, -0.25) is 0 Å². The van der Waals surface area contributed by atoms with Crippen LogP contribution in [0.4, 0.5) is 4.39 Å². The molecule has 3 nitrogen and oxygen atoms in total. The number of hydrogen-bond donors (Lipinski definition) is 1. The Kier molecular flexibility index (Phi) is 3.13. The molecule has 104 valence electrons. The molecular weight excluding hydrogens is 245 g/mol. The zero-order chi connectivity index (χ0) is 13.5. The van der Waals surface area contributed by atoms with Gasteiger partial charge in [0.2, 0.25) is 0 Å². The van der Waals surface area contributed by atoms with Gasteiger partial charge in [-0.25, -0.2) is 4.39 Å². The Balaban J connectivity index is 2.08. The number of nitrogens with one attached hydrogen (secondary N) is 1. The highest BCUT2D eigenvalue weighted by Gasteiger charge is 2.30. The first-order valence-electron chi connectivity index (χ1n) is 6.89. The summed E-state index contributed by atoms with van der Waals surface area (Å²) in [4.78, 5) is 0. The number of rotatable bonds is 2. The second-order valence-electron chi connectivity index (χ2n) is 5.75. The van der Waals surface area contributed by atoms with Crippen molar-refractivity contribution in [1.82, 2.24) is 5.32 Å². The lowest BCUT2D eigenvalue weighted by Crippen LogP contribution is -2.20. The summed E-state index contributed by atoms with van der Waals surface area (Å²) in [5.41, 5.74) is 0.417. The maximum absolute atomic E-state index is 14.5. The maximum Gasteiger partial charge on any atom is 0.161 e. The molecule has 0 radical (unpaired) electrons. The van der Waals surface area contributed by atoms with Crippen LogP contribution in [-0.4, -0.2) is 26.3 Å². The van der Waals surface area contributed by atoms with Crippen LogP contribution in [0.1, 0.15) is 37.3 Å². The molecule has 2 aliphatic heterocycles. The molecule has 1 aromatic carbocycles. The summed E-state index contributed by atoms with van der Waals surface area (Å²) in [5, 5.41) is 3.34. The Bertz CT molecular complexity index is 476. The van der Waals surface area contributed by atoms with Gasteiger partial charge in [-0.05, 0) is 56.0 Å². The Hall–Kier alpha value is -1.29. The van der Waals surface area contributed by atoms with Crippen molar-refractivity contribution in [1.29, 1.82) is 0 Å². The molecule has 0 aromatic heterocycles. The van der Waals surface area contributed by atoms with Gasteiger partial charge in [0.1, 0.15) is 18.9 Å². The average Bonchev–Trinajstić information content (AvgIpc) is 2.90. The fraction of sp³-hybridized carbons (Fsp3) is 0.600. The standard InChI is InChI=1S/C15H20FNO2/c1-15(2,16)12-8-14-13(18-5-6-19-14)7-11(12)10-3-4-17-9-10/h7-8,10,17H,3-6,9H2,1-2H3. The van der Waals surface area contributed by atoms with E-state index in [0.717, 1.165) is 36.4 Å². The summed E-state index contributed by atoms with van der Waals surface area (Å²) in [5.74, 6) is 1.78. The molecule has 19 heavy (non-hydrogen) atoms. The summed E-state index contributed by atoms with van der Waals surface area (Å²) in [6.45, 7) is 6.19. The van der Waals surface area contributed by atoms with Gasteiger partial charge in [-0.1, -0.05) is 0 Å². The van der Waals surface area contributed by atoms with E-state index < -0.39 is 5.67 Å². The zero-order valence-corrected chi connectivity index (χ0v) is 11.5. The van der Waals surface area contributed by atoms with E-state index >= 15 is 0 Å². The Morgan fingerprint density at radius 3 is 2.47 bits per heavy atom. The van der Waals surface area contributed by atoms with E-state index in [4.69, 9.17) is 9.47 Å². The van der Waals surface area contributed by atoms with E-state index in [9.17, 15) is 4.39 Å². The lowest BCUT2D eigenvalue weighted by Gasteiger charge is -2.27. The molecule has 1 N–H and O–H groups in total. The van der Waals surface area contributed by atoms with Crippen molar-refractivity contribution >= 4 is 0 Å².